The quantitative estimate of drug-likeness (QED) is 0.914. The van der Waals surface area contributed by atoms with Crippen molar-refractivity contribution in [3.63, 3.8) is 0 Å². The second-order valence-electron chi connectivity index (χ2n) is 4.46. The number of rotatable bonds is 3. The van der Waals surface area contributed by atoms with E-state index in [2.05, 4.69) is 13.2 Å². The van der Waals surface area contributed by atoms with Crippen molar-refractivity contribution in [1.82, 2.24) is 0 Å². The first-order valence-electron chi connectivity index (χ1n) is 6.46. The number of fused-ring (bicyclic) bond motifs is 1. The summed E-state index contributed by atoms with van der Waals surface area (Å²) in [5.41, 5.74) is 9.29. The summed E-state index contributed by atoms with van der Waals surface area (Å²) >= 11 is 0. The number of hydrogen-bond acceptors (Lipinski definition) is 2. The maximum Gasteiger partial charge on any atom is 0.241 e. The van der Waals surface area contributed by atoms with E-state index in [4.69, 9.17) is 5.73 Å². The standard InChI is InChI=1S/C17H18N2O/c1-3-13-9-10-15-7-5-6-8-16(15)19(17(20)11-18)12-14(13)4-2/h3-10H,1-2,11-12,18H2/b10-9-,14-13-. The van der Waals surface area contributed by atoms with Crippen LogP contribution in [0.25, 0.3) is 6.08 Å². The molecule has 1 aliphatic rings. The van der Waals surface area contributed by atoms with E-state index >= 15 is 0 Å². The average molecular weight is 266 g/mol. The van der Waals surface area contributed by atoms with Crippen molar-refractivity contribution in [3.05, 3.63) is 72.4 Å². The van der Waals surface area contributed by atoms with Crippen LogP contribution in [0.1, 0.15) is 5.56 Å². The first-order valence-corrected chi connectivity index (χ1v) is 6.46. The molecule has 0 bridgehead atoms. The summed E-state index contributed by atoms with van der Waals surface area (Å²) < 4.78 is 0. The molecule has 3 nitrogen and oxygen atoms in total. The van der Waals surface area contributed by atoms with E-state index in [0.29, 0.717) is 6.54 Å². The van der Waals surface area contributed by atoms with Gasteiger partial charge in [-0.15, -0.1) is 0 Å². The third-order valence-electron chi connectivity index (χ3n) is 3.31. The van der Waals surface area contributed by atoms with Gasteiger partial charge < -0.3 is 10.6 Å². The normalized spacial score (nSPS) is 19.6. The van der Waals surface area contributed by atoms with Crippen molar-refractivity contribution < 1.29 is 4.79 Å². The largest absolute Gasteiger partial charge is 0.322 e. The minimum atomic E-state index is -0.115. The minimum absolute atomic E-state index is 0.0219. The van der Waals surface area contributed by atoms with Crippen LogP contribution < -0.4 is 10.6 Å². The molecule has 0 spiro atoms. The molecule has 0 saturated carbocycles. The topological polar surface area (TPSA) is 46.3 Å². The Morgan fingerprint density at radius 1 is 1.25 bits per heavy atom. The molecular weight excluding hydrogens is 248 g/mol. The van der Waals surface area contributed by atoms with E-state index in [1.54, 1.807) is 17.1 Å². The van der Waals surface area contributed by atoms with Crippen molar-refractivity contribution in [3.8, 4) is 0 Å². The number of nitrogens with two attached hydrogens (primary N) is 1. The number of nitrogens with zero attached hydrogens (tertiary/aromatic N) is 1. The highest BCUT2D eigenvalue weighted by atomic mass is 16.2. The Labute approximate surface area is 119 Å². The Morgan fingerprint density at radius 2 is 2.00 bits per heavy atom. The van der Waals surface area contributed by atoms with Gasteiger partial charge in [0.15, 0.2) is 0 Å². The fourth-order valence-corrected chi connectivity index (χ4v) is 2.22. The fraction of sp³-hybridized carbons (Fsp3) is 0.118. The van der Waals surface area contributed by atoms with Crippen molar-refractivity contribution in [2.24, 2.45) is 5.73 Å². The smallest absolute Gasteiger partial charge is 0.241 e. The summed E-state index contributed by atoms with van der Waals surface area (Å²) in [6.07, 6.45) is 7.50. The van der Waals surface area contributed by atoms with E-state index < -0.39 is 0 Å². The summed E-state index contributed by atoms with van der Waals surface area (Å²) in [7, 11) is 0. The Balaban J connectivity index is 2.61. The molecule has 1 aliphatic heterocycles. The average Bonchev–Trinajstić information content (AvgIpc) is 2.48. The minimum Gasteiger partial charge on any atom is -0.322 e. The van der Waals surface area contributed by atoms with Crippen molar-refractivity contribution in [1.29, 1.82) is 0 Å². The molecule has 0 atom stereocenters. The molecule has 20 heavy (non-hydrogen) atoms. The van der Waals surface area contributed by atoms with Crippen LogP contribution in [0.4, 0.5) is 5.69 Å². The Bertz CT molecular complexity index is 611. The van der Waals surface area contributed by atoms with Crippen LogP contribution in [-0.4, -0.2) is 19.0 Å². The molecule has 0 fully saturated rings. The SMILES string of the molecule is C=CC1=C(\C=C)CN(C(=O)CN)c2ccccc2/C=C\1. The number of carbonyl (C=O) groups excluding carboxylic acids is 1. The second-order valence-corrected chi connectivity index (χ2v) is 4.46. The highest BCUT2D eigenvalue weighted by molar-refractivity contribution is 5.97. The molecular formula is C17H18N2O. The lowest BCUT2D eigenvalue weighted by Crippen LogP contribution is -2.38. The fourth-order valence-electron chi connectivity index (χ4n) is 2.22. The van der Waals surface area contributed by atoms with E-state index in [9.17, 15) is 4.79 Å². The van der Waals surface area contributed by atoms with Gasteiger partial charge in [0.2, 0.25) is 5.91 Å². The number of para-hydroxylation sites is 1. The van der Waals surface area contributed by atoms with E-state index in [0.717, 1.165) is 22.4 Å². The lowest BCUT2D eigenvalue weighted by atomic mass is 10.0. The third kappa shape index (κ3) is 2.63. The number of allylic oxidation sites excluding steroid dienone is 3. The second kappa shape index (κ2) is 6.17. The number of amides is 1. The number of benzene rings is 1. The molecule has 0 unspecified atom stereocenters. The molecule has 102 valence electrons. The molecule has 1 aromatic carbocycles. The van der Waals surface area contributed by atoms with Crippen LogP contribution in [0.5, 0.6) is 0 Å². The van der Waals surface area contributed by atoms with E-state index in [-0.39, 0.29) is 12.5 Å². The van der Waals surface area contributed by atoms with Crippen molar-refractivity contribution in [2.75, 3.05) is 18.0 Å². The van der Waals surface area contributed by atoms with Gasteiger partial charge in [0, 0.05) is 0 Å². The first kappa shape index (κ1) is 14.0. The molecule has 2 N–H and O–H groups in total. The van der Waals surface area contributed by atoms with Gasteiger partial charge in [-0.25, -0.2) is 0 Å². The van der Waals surface area contributed by atoms with Gasteiger partial charge in [-0.05, 0) is 22.8 Å². The highest BCUT2D eigenvalue weighted by Gasteiger charge is 2.19. The van der Waals surface area contributed by atoms with Gasteiger partial charge in [-0.3, -0.25) is 4.79 Å². The third-order valence-corrected chi connectivity index (χ3v) is 3.31. The summed E-state index contributed by atoms with van der Waals surface area (Å²) in [6.45, 7) is 8.06. The number of carbonyl (C=O) groups is 1. The molecule has 2 rings (SSSR count). The predicted molar refractivity (Wildman–Crippen MR) is 84.3 cm³/mol. The zero-order valence-electron chi connectivity index (χ0n) is 11.4. The molecule has 0 aliphatic carbocycles. The molecule has 0 saturated heterocycles. The summed E-state index contributed by atoms with van der Waals surface area (Å²) in [6, 6.07) is 7.76. The van der Waals surface area contributed by atoms with Crippen LogP contribution >= 0.6 is 0 Å². The summed E-state index contributed by atoms with van der Waals surface area (Å²) in [5.74, 6) is -0.115. The number of anilines is 1. The molecule has 3 heteroatoms. The molecule has 1 heterocycles. The van der Waals surface area contributed by atoms with Crippen LogP contribution in [0.3, 0.4) is 0 Å². The monoisotopic (exact) mass is 266 g/mol. The van der Waals surface area contributed by atoms with Gasteiger partial charge in [-0.2, -0.15) is 0 Å². The molecule has 0 aromatic heterocycles. The summed E-state index contributed by atoms with van der Waals surface area (Å²) in [5, 5.41) is 0. The Kier molecular flexibility index (Phi) is 4.33. The Morgan fingerprint density at radius 3 is 2.65 bits per heavy atom. The van der Waals surface area contributed by atoms with Crippen LogP contribution in [-0.2, 0) is 4.79 Å². The zero-order valence-corrected chi connectivity index (χ0v) is 11.4. The molecule has 1 aromatic rings. The maximum atomic E-state index is 12.1. The van der Waals surface area contributed by atoms with Gasteiger partial charge in [-0.1, -0.05) is 55.7 Å². The van der Waals surface area contributed by atoms with Gasteiger partial charge in [0.1, 0.15) is 0 Å². The predicted octanol–water partition coefficient (Wildman–Crippen LogP) is 2.67. The van der Waals surface area contributed by atoms with Crippen LogP contribution in [0.2, 0.25) is 0 Å². The van der Waals surface area contributed by atoms with E-state index in [1.165, 1.54) is 0 Å². The lowest BCUT2D eigenvalue weighted by molar-refractivity contribution is -0.117. The van der Waals surface area contributed by atoms with E-state index in [1.807, 2.05) is 36.4 Å². The van der Waals surface area contributed by atoms with Gasteiger partial charge in [0.25, 0.3) is 0 Å². The van der Waals surface area contributed by atoms with Crippen molar-refractivity contribution >= 4 is 17.7 Å². The molecule has 0 radical (unpaired) electrons. The van der Waals surface area contributed by atoms with Crippen LogP contribution in [0, 0.1) is 0 Å². The maximum absolute atomic E-state index is 12.1. The van der Waals surface area contributed by atoms with Crippen molar-refractivity contribution in [2.45, 2.75) is 0 Å². The number of hydrogen-bond donors (Lipinski definition) is 1. The van der Waals surface area contributed by atoms with Crippen LogP contribution in [0.15, 0.2) is 66.8 Å². The van der Waals surface area contributed by atoms with Gasteiger partial charge in [0.05, 0.1) is 18.8 Å². The molecule has 1 amide bonds. The Hall–Kier alpha value is -2.39. The summed E-state index contributed by atoms with van der Waals surface area (Å²) in [4.78, 5) is 13.8. The lowest BCUT2D eigenvalue weighted by Gasteiger charge is -2.26. The first-order chi connectivity index (χ1) is 9.71. The van der Waals surface area contributed by atoms with Gasteiger partial charge >= 0.3 is 0 Å². The highest BCUT2D eigenvalue weighted by Crippen LogP contribution is 2.27. The zero-order chi connectivity index (χ0) is 14.5.